The van der Waals surface area contributed by atoms with Gasteiger partial charge in [-0.2, -0.15) is 0 Å². The monoisotopic (exact) mass is 408 g/mol. The topological polar surface area (TPSA) is 50.8 Å². The number of urea groups is 1. The van der Waals surface area contributed by atoms with Crippen LogP contribution in [0.3, 0.4) is 0 Å². The van der Waals surface area contributed by atoms with Crippen molar-refractivity contribution >= 4 is 22.0 Å². The van der Waals surface area contributed by atoms with Crippen LogP contribution in [0, 0.1) is 5.92 Å². The van der Waals surface area contributed by atoms with Gasteiger partial charge < -0.3 is 19.7 Å². The second-order valence-electron chi connectivity index (χ2n) is 7.26. The molecular weight excluding hydrogens is 384 g/mol. The van der Waals surface area contributed by atoms with Crippen molar-refractivity contribution in [3.8, 4) is 0 Å². The first-order valence-electron chi connectivity index (χ1n) is 9.24. The van der Waals surface area contributed by atoms with E-state index in [1.54, 1.807) is 0 Å². The Morgan fingerprint density at radius 1 is 1.16 bits per heavy atom. The largest absolute Gasteiger partial charge is 0.347 e. The highest BCUT2D eigenvalue weighted by atomic mass is 79.9. The first kappa shape index (κ1) is 17.3. The van der Waals surface area contributed by atoms with Crippen LogP contribution in [0.25, 0.3) is 0 Å². The molecule has 0 unspecified atom stereocenters. The van der Waals surface area contributed by atoms with Gasteiger partial charge in [0.25, 0.3) is 0 Å². The average molecular weight is 409 g/mol. The number of nitrogens with zero attached hydrogens (tertiary/aromatic N) is 1. The normalized spacial score (nSPS) is 24.1. The number of hydrogen-bond acceptors (Lipinski definition) is 3. The van der Waals surface area contributed by atoms with Gasteiger partial charge in [0, 0.05) is 30.4 Å². The Labute approximate surface area is 157 Å². The summed E-state index contributed by atoms with van der Waals surface area (Å²) >= 11 is 3.49. The van der Waals surface area contributed by atoms with E-state index in [-0.39, 0.29) is 12.1 Å². The quantitative estimate of drug-likeness (QED) is 0.826. The summed E-state index contributed by atoms with van der Waals surface area (Å²) in [5.41, 5.74) is 1.19. The minimum atomic E-state index is -0.435. The van der Waals surface area contributed by atoms with Crippen LogP contribution in [0.5, 0.6) is 0 Å². The van der Waals surface area contributed by atoms with Crippen molar-refractivity contribution in [3.63, 3.8) is 0 Å². The van der Waals surface area contributed by atoms with E-state index >= 15 is 0 Å². The molecule has 2 aliphatic heterocycles. The summed E-state index contributed by atoms with van der Waals surface area (Å²) in [6, 6.07) is 8.45. The van der Waals surface area contributed by atoms with Crippen molar-refractivity contribution in [2.24, 2.45) is 5.92 Å². The molecule has 0 radical (unpaired) electrons. The number of halogens is 1. The van der Waals surface area contributed by atoms with Gasteiger partial charge in [0.05, 0.1) is 19.3 Å². The standard InChI is InChI=1S/C19H25BrN2O3/c20-16-6-4-15(5-7-16)17(14-2-1-3-14)21-18(23)22-10-8-19(9-11-22)24-12-13-25-19/h4-7,14,17H,1-3,8-13H2,(H,21,23)/t17-/m0/s1. The zero-order chi connectivity index (χ0) is 17.3. The van der Waals surface area contributed by atoms with Gasteiger partial charge in [-0.15, -0.1) is 0 Å². The van der Waals surface area contributed by atoms with Crippen LogP contribution in [0.2, 0.25) is 0 Å². The Balaban J connectivity index is 1.39. The maximum atomic E-state index is 12.8. The summed E-state index contributed by atoms with van der Waals surface area (Å²) in [4.78, 5) is 14.7. The van der Waals surface area contributed by atoms with Crippen LogP contribution >= 0.6 is 15.9 Å². The maximum Gasteiger partial charge on any atom is 0.317 e. The van der Waals surface area contributed by atoms with Gasteiger partial charge in [0.2, 0.25) is 0 Å². The van der Waals surface area contributed by atoms with Crippen LogP contribution in [-0.2, 0) is 9.47 Å². The summed E-state index contributed by atoms with van der Waals surface area (Å²) < 4.78 is 12.6. The molecule has 1 saturated carbocycles. The average Bonchev–Trinajstić information content (AvgIpc) is 3.02. The Morgan fingerprint density at radius 3 is 2.36 bits per heavy atom. The third kappa shape index (κ3) is 3.71. The molecule has 25 heavy (non-hydrogen) atoms. The van der Waals surface area contributed by atoms with Gasteiger partial charge in [-0.25, -0.2) is 4.79 Å². The number of amides is 2. The zero-order valence-electron chi connectivity index (χ0n) is 14.4. The van der Waals surface area contributed by atoms with Crippen molar-refractivity contribution < 1.29 is 14.3 Å². The summed E-state index contributed by atoms with van der Waals surface area (Å²) in [6.07, 6.45) is 5.14. The molecule has 2 saturated heterocycles. The van der Waals surface area contributed by atoms with E-state index in [9.17, 15) is 4.79 Å². The van der Waals surface area contributed by atoms with Crippen molar-refractivity contribution in [1.82, 2.24) is 10.2 Å². The lowest BCUT2D eigenvalue weighted by Crippen LogP contribution is -2.51. The van der Waals surface area contributed by atoms with E-state index < -0.39 is 5.79 Å². The Hall–Kier alpha value is -1.11. The van der Waals surface area contributed by atoms with Crippen LogP contribution in [-0.4, -0.2) is 43.0 Å². The van der Waals surface area contributed by atoms with Gasteiger partial charge in [0.1, 0.15) is 0 Å². The summed E-state index contributed by atoms with van der Waals surface area (Å²) in [5, 5.41) is 3.29. The summed E-state index contributed by atoms with van der Waals surface area (Å²) in [5.74, 6) is 0.110. The lowest BCUT2D eigenvalue weighted by atomic mass is 9.77. The Kier molecular flexibility index (Phi) is 5.02. The number of hydrogen-bond donors (Lipinski definition) is 1. The number of likely N-dealkylation sites (tertiary alicyclic amines) is 1. The number of carbonyl (C=O) groups is 1. The molecule has 3 fully saturated rings. The summed E-state index contributed by atoms with van der Waals surface area (Å²) in [7, 11) is 0. The number of carbonyl (C=O) groups excluding carboxylic acids is 1. The van der Waals surface area contributed by atoms with Crippen LogP contribution in [0.4, 0.5) is 4.79 Å². The second-order valence-corrected chi connectivity index (χ2v) is 8.18. The Bertz CT molecular complexity index is 602. The fraction of sp³-hybridized carbons (Fsp3) is 0.632. The number of ether oxygens (including phenoxy) is 2. The molecule has 136 valence electrons. The number of piperidine rings is 1. The minimum Gasteiger partial charge on any atom is -0.347 e. The van der Waals surface area contributed by atoms with Gasteiger partial charge in [0.15, 0.2) is 5.79 Å². The fourth-order valence-corrected chi connectivity index (χ4v) is 4.24. The predicted molar refractivity (Wildman–Crippen MR) is 98.2 cm³/mol. The number of rotatable bonds is 3. The molecule has 2 amide bonds. The molecule has 1 aromatic rings. The van der Waals surface area contributed by atoms with Crippen LogP contribution in [0.15, 0.2) is 28.7 Å². The molecule has 2 heterocycles. The van der Waals surface area contributed by atoms with E-state index in [2.05, 4.69) is 33.4 Å². The van der Waals surface area contributed by atoms with Gasteiger partial charge in [-0.05, 0) is 36.5 Å². The van der Waals surface area contributed by atoms with E-state index in [1.165, 1.54) is 24.8 Å². The molecule has 4 rings (SSSR count). The first-order valence-corrected chi connectivity index (χ1v) is 10.0. The molecule has 1 N–H and O–H groups in total. The molecule has 3 aliphatic rings. The van der Waals surface area contributed by atoms with E-state index in [0.717, 1.165) is 17.3 Å². The van der Waals surface area contributed by atoms with E-state index in [0.29, 0.717) is 32.2 Å². The van der Waals surface area contributed by atoms with Gasteiger partial charge in [-0.1, -0.05) is 34.5 Å². The molecule has 1 atom stereocenters. The van der Waals surface area contributed by atoms with Crippen molar-refractivity contribution in [3.05, 3.63) is 34.3 Å². The van der Waals surface area contributed by atoms with Gasteiger partial charge in [-0.3, -0.25) is 0 Å². The highest BCUT2D eigenvalue weighted by Crippen LogP contribution is 2.38. The third-order valence-corrected chi connectivity index (χ3v) is 6.28. The van der Waals surface area contributed by atoms with Crippen molar-refractivity contribution in [2.45, 2.75) is 43.9 Å². The molecule has 1 spiro atoms. The number of nitrogens with one attached hydrogen (secondary N) is 1. The lowest BCUT2D eigenvalue weighted by Gasteiger charge is -2.40. The molecule has 5 nitrogen and oxygen atoms in total. The molecular formula is C19H25BrN2O3. The van der Waals surface area contributed by atoms with E-state index in [1.807, 2.05) is 17.0 Å². The molecule has 0 aromatic heterocycles. The van der Waals surface area contributed by atoms with Gasteiger partial charge >= 0.3 is 6.03 Å². The highest BCUT2D eigenvalue weighted by molar-refractivity contribution is 9.10. The summed E-state index contributed by atoms with van der Waals surface area (Å²) in [6.45, 7) is 2.70. The lowest BCUT2D eigenvalue weighted by molar-refractivity contribution is -0.181. The minimum absolute atomic E-state index is 0.0349. The predicted octanol–water partition coefficient (Wildman–Crippen LogP) is 3.84. The van der Waals surface area contributed by atoms with Crippen molar-refractivity contribution in [2.75, 3.05) is 26.3 Å². The third-order valence-electron chi connectivity index (χ3n) is 5.76. The van der Waals surface area contributed by atoms with Crippen LogP contribution in [0.1, 0.15) is 43.7 Å². The first-order chi connectivity index (χ1) is 12.2. The van der Waals surface area contributed by atoms with Crippen molar-refractivity contribution in [1.29, 1.82) is 0 Å². The second kappa shape index (κ2) is 7.25. The fourth-order valence-electron chi connectivity index (χ4n) is 3.98. The Morgan fingerprint density at radius 2 is 1.80 bits per heavy atom. The molecule has 6 heteroatoms. The SMILES string of the molecule is O=C(N[C@H](c1ccc(Br)cc1)C1CCC1)N1CCC2(CC1)OCCO2. The molecule has 1 aliphatic carbocycles. The zero-order valence-corrected chi connectivity index (χ0v) is 16.0. The molecule has 0 bridgehead atoms. The van der Waals surface area contributed by atoms with E-state index in [4.69, 9.17) is 9.47 Å². The molecule has 1 aromatic carbocycles. The highest BCUT2D eigenvalue weighted by Gasteiger charge is 2.41. The smallest absolute Gasteiger partial charge is 0.317 e. The maximum absolute atomic E-state index is 12.8. The number of benzene rings is 1. The van der Waals surface area contributed by atoms with Crippen LogP contribution < -0.4 is 5.32 Å².